The number of nitrogens with zero attached hydrogens (tertiary/aromatic N) is 1. The number of pyridine rings is 1. The van der Waals surface area contributed by atoms with E-state index in [-0.39, 0.29) is 5.03 Å². The topological polar surface area (TPSA) is 81.4 Å². The predicted molar refractivity (Wildman–Crippen MR) is 101 cm³/mol. The van der Waals surface area contributed by atoms with E-state index in [2.05, 4.69) is 10.3 Å². The minimum absolute atomic E-state index is 0.0665. The minimum Gasteiger partial charge on any atom is -0.492 e. The number of sulfone groups is 1. The second-order valence-electron chi connectivity index (χ2n) is 6.91. The molecule has 0 aliphatic heterocycles. The lowest BCUT2D eigenvalue weighted by Gasteiger charge is -2.18. The molecule has 2 heterocycles. The van der Waals surface area contributed by atoms with Crippen molar-refractivity contribution in [3.05, 3.63) is 48.4 Å². The first kappa shape index (κ1) is 18.3. The number of nitrogens with one attached hydrogen (secondary N) is 1. The lowest BCUT2D eigenvalue weighted by atomic mass is 10.2. The van der Waals surface area contributed by atoms with Crippen molar-refractivity contribution in [3.63, 3.8) is 0 Å². The Morgan fingerprint density at radius 1 is 1.15 bits per heavy atom. The number of rotatable bonds is 5. The first-order valence-electron chi connectivity index (χ1n) is 8.23. The first-order valence-corrected chi connectivity index (χ1v) is 9.71. The molecule has 6 nitrogen and oxygen atoms in total. The van der Waals surface area contributed by atoms with E-state index in [4.69, 9.17) is 9.15 Å². The highest BCUT2D eigenvalue weighted by Crippen LogP contribution is 2.33. The zero-order chi connectivity index (χ0) is 18.9. The SMILES string of the molecule is COc1c(CNc2ccc(S(=O)(=O)C(C)(C)C)nc2)oc2ccccc12. The van der Waals surface area contributed by atoms with E-state index >= 15 is 0 Å². The third kappa shape index (κ3) is 3.26. The van der Waals surface area contributed by atoms with Crippen LogP contribution in [0, 0.1) is 0 Å². The Balaban J connectivity index is 1.79. The number of anilines is 1. The summed E-state index contributed by atoms with van der Waals surface area (Å²) in [4.78, 5) is 4.10. The van der Waals surface area contributed by atoms with E-state index in [1.807, 2.05) is 24.3 Å². The summed E-state index contributed by atoms with van der Waals surface area (Å²) >= 11 is 0. The zero-order valence-electron chi connectivity index (χ0n) is 15.2. The van der Waals surface area contributed by atoms with Crippen molar-refractivity contribution < 1.29 is 17.6 Å². The lowest BCUT2D eigenvalue weighted by Crippen LogP contribution is -2.28. The fourth-order valence-electron chi connectivity index (χ4n) is 2.55. The summed E-state index contributed by atoms with van der Waals surface area (Å²) in [7, 11) is -1.86. The number of para-hydroxylation sites is 1. The van der Waals surface area contributed by atoms with Gasteiger partial charge in [-0.05, 0) is 45.0 Å². The molecule has 1 aromatic carbocycles. The van der Waals surface area contributed by atoms with Gasteiger partial charge in [-0.25, -0.2) is 13.4 Å². The molecule has 0 radical (unpaired) electrons. The van der Waals surface area contributed by atoms with Crippen molar-refractivity contribution in [2.45, 2.75) is 37.1 Å². The molecule has 0 aliphatic rings. The third-order valence-corrected chi connectivity index (χ3v) is 6.50. The van der Waals surface area contributed by atoms with Crippen LogP contribution >= 0.6 is 0 Å². The van der Waals surface area contributed by atoms with Gasteiger partial charge in [0, 0.05) is 0 Å². The Hall–Kier alpha value is -2.54. The normalized spacial score (nSPS) is 12.3. The predicted octanol–water partition coefficient (Wildman–Crippen LogP) is 4.02. The third-order valence-electron chi connectivity index (χ3n) is 4.09. The number of ether oxygens (including phenoxy) is 1. The number of aromatic nitrogens is 1. The van der Waals surface area contributed by atoms with Crippen LogP contribution in [0.1, 0.15) is 26.5 Å². The van der Waals surface area contributed by atoms with Gasteiger partial charge in [-0.3, -0.25) is 0 Å². The van der Waals surface area contributed by atoms with Crippen LogP contribution in [0.25, 0.3) is 11.0 Å². The molecule has 1 N–H and O–H groups in total. The summed E-state index contributed by atoms with van der Waals surface area (Å²) in [5.74, 6) is 1.35. The smallest absolute Gasteiger partial charge is 0.200 e. The van der Waals surface area contributed by atoms with Gasteiger partial charge in [-0.2, -0.15) is 0 Å². The van der Waals surface area contributed by atoms with E-state index in [9.17, 15) is 8.42 Å². The lowest BCUT2D eigenvalue weighted by molar-refractivity contribution is 0.398. The number of methoxy groups -OCH3 is 1. The van der Waals surface area contributed by atoms with Crippen LogP contribution in [0.2, 0.25) is 0 Å². The molecular weight excluding hydrogens is 352 g/mol. The summed E-state index contributed by atoms with van der Waals surface area (Å²) in [6.45, 7) is 5.36. The zero-order valence-corrected chi connectivity index (χ0v) is 16.1. The van der Waals surface area contributed by atoms with Gasteiger partial charge in [0.15, 0.2) is 26.4 Å². The molecule has 3 aromatic rings. The molecule has 2 aromatic heterocycles. The van der Waals surface area contributed by atoms with E-state index in [1.54, 1.807) is 33.9 Å². The average molecular weight is 374 g/mol. The number of fused-ring (bicyclic) bond motifs is 1. The molecule has 0 spiro atoms. The second kappa shape index (κ2) is 6.64. The molecule has 0 unspecified atom stereocenters. The Kier molecular flexibility index (Phi) is 4.66. The summed E-state index contributed by atoms with van der Waals surface area (Å²) in [5, 5.41) is 4.16. The van der Waals surface area contributed by atoms with Gasteiger partial charge in [-0.15, -0.1) is 0 Å². The van der Waals surface area contributed by atoms with Crippen LogP contribution in [0.5, 0.6) is 5.75 Å². The standard InChI is InChI=1S/C19H22N2O4S/c1-19(2,3)26(22,23)17-10-9-13(11-21-17)20-12-16-18(24-4)14-7-5-6-8-15(14)25-16/h5-11,20H,12H2,1-4H3. The van der Waals surface area contributed by atoms with Gasteiger partial charge < -0.3 is 14.5 Å². The minimum atomic E-state index is -3.47. The van der Waals surface area contributed by atoms with Gasteiger partial charge in [0.2, 0.25) is 0 Å². The quantitative estimate of drug-likeness (QED) is 0.726. The Morgan fingerprint density at radius 3 is 2.50 bits per heavy atom. The average Bonchev–Trinajstić information content (AvgIpc) is 2.96. The Morgan fingerprint density at radius 2 is 1.88 bits per heavy atom. The maximum atomic E-state index is 12.4. The number of benzene rings is 1. The summed E-state index contributed by atoms with van der Waals surface area (Å²) in [5.41, 5.74) is 1.45. The first-order chi connectivity index (χ1) is 12.2. The molecule has 0 bridgehead atoms. The highest BCUT2D eigenvalue weighted by molar-refractivity contribution is 7.92. The van der Waals surface area contributed by atoms with Crippen molar-refractivity contribution in [2.75, 3.05) is 12.4 Å². The van der Waals surface area contributed by atoms with E-state index in [1.165, 1.54) is 12.3 Å². The van der Waals surface area contributed by atoms with E-state index < -0.39 is 14.6 Å². The maximum Gasteiger partial charge on any atom is 0.200 e. The molecular formula is C19H22N2O4S. The van der Waals surface area contributed by atoms with Gasteiger partial charge in [0.05, 0.1) is 35.7 Å². The molecule has 0 saturated carbocycles. The van der Waals surface area contributed by atoms with Crippen molar-refractivity contribution in [1.82, 2.24) is 4.98 Å². The van der Waals surface area contributed by atoms with Gasteiger partial charge >= 0.3 is 0 Å². The molecule has 0 saturated heterocycles. The molecule has 0 atom stereocenters. The second-order valence-corrected chi connectivity index (χ2v) is 9.56. The largest absolute Gasteiger partial charge is 0.492 e. The molecule has 7 heteroatoms. The van der Waals surface area contributed by atoms with Gasteiger partial charge in [0.1, 0.15) is 5.58 Å². The number of furan rings is 1. The van der Waals surface area contributed by atoms with Gasteiger partial charge in [-0.1, -0.05) is 12.1 Å². The summed E-state index contributed by atoms with van der Waals surface area (Å²) in [6.07, 6.45) is 1.51. The van der Waals surface area contributed by atoms with Gasteiger partial charge in [0.25, 0.3) is 0 Å². The molecule has 0 amide bonds. The van der Waals surface area contributed by atoms with Crippen LogP contribution in [-0.4, -0.2) is 25.3 Å². The van der Waals surface area contributed by atoms with Crippen LogP contribution < -0.4 is 10.1 Å². The van der Waals surface area contributed by atoms with Crippen molar-refractivity contribution in [3.8, 4) is 5.75 Å². The van der Waals surface area contributed by atoms with Crippen molar-refractivity contribution in [1.29, 1.82) is 0 Å². The molecule has 0 fully saturated rings. The highest BCUT2D eigenvalue weighted by Gasteiger charge is 2.31. The monoisotopic (exact) mass is 374 g/mol. The van der Waals surface area contributed by atoms with E-state index in [0.717, 1.165) is 11.0 Å². The molecule has 3 rings (SSSR count). The highest BCUT2D eigenvalue weighted by atomic mass is 32.2. The van der Waals surface area contributed by atoms with E-state index in [0.29, 0.717) is 23.7 Å². The Labute approximate surface area is 153 Å². The summed E-state index contributed by atoms with van der Waals surface area (Å²) < 4.78 is 35.2. The number of hydrogen-bond acceptors (Lipinski definition) is 6. The summed E-state index contributed by atoms with van der Waals surface area (Å²) in [6, 6.07) is 10.9. The Bertz CT molecular complexity index is 1020. The van der Waals surface area contributed by atoms with Crippen molar-refractivity contribution in [2.24, 2.45) is 0 Å². The molecule has 26 heavy (non-hydrogen) atoms. The molecule has 0 aliphatic carbocycles. The fraction of sp³-hybridized carbons (Fsp3) is 0.316. The fourth-order valence-corrected chi connectivity index (χ4v) is 3.62. The van der Waals surface area contributed by atoms with Crippen LogP contribution in [0.4, 0.5) is 5.69 Å². The van der Waals surface area contributed by atoms with Crippen LogP contribution in [0.15, 0.2) is 52.0 Å². The number of hydrogen-bond donors (Lipinski definition) is 1. The van der Waals surface area contributed by atoms with Crippen LogP contribution in [-0.2, 0) is 16.4 Å². The maximum absolute atomic E-state index is 12.4. The van der Waals surface area contributed by atoms with Crippen LogP contribution in [0.3, 0.4) is 0 Å². The van der Waals surface area contributed by atoms with Crippen molar-refractivity contribution >= 4 is 26.5 Å². The molecule has 138 valence electrons.